The molecule has 1 saturated heterocycles. The van der Waals surface area contributed by atoms with E-state index in [4.69, 9.17) is 5.26 Å². The lowest BCUT2D eigenvalue weighted by atomic mass is 9.90. The van der Waals surface area contributed by atoms with Crippen molar-refractivity contribution < 1.29 is 4.39 Å². The van der Waals surface area contributed by atoms with Gasteiger partial charge in [-0.05, 0) is 63.5 Å². The number of benzene rings is 1. The van der Waals surface area contributed by atoms with E-state index in [1.54, 1.807) is 6.07 Å². The van der Waals surface area contributed by atoms with Crippen molar-refractivity contribution in [3.8, 4) is 6.07 Å². The third-order valence-corrected chi connectivity index (χ3v) is 4.27. The molecule has 1 unspecified atom stereocenters. The third kappa shape index (κ3) is 3.49. The summed E-state index contributed by atoms with van der Waals surface area (Å²) in [6.07, 6.45) is 2.34. The standard InChI is InChI=1S/C16H22FN3/c1-3-20-8-6-13(7-9-20)12(2)19-16-5-4-15(17)10-14(16)11-18/h4-5,10,12-13,19H,3,6-9H2,1-2H3. The molecule has 1 aromatic carbocycles. The van der Waals surface area contributed by atoms with E-state index in [-0.39, 0.29) is 5.82 Å². The van der Waals surface area contributed by atoms with Crippen LogP contribution in [0.2, 0.25) is 0 Å². The largest absolute Gasteiger partial charge is 0.381 e. The predicted octanol–water partition coefficient (Wildman–Crippen LogP) is 3.23. The van der Waals surface area contributed by atoms with Gasteiger partial charge < -0.3 is 10.2 Å². The minimum absolute atomic E-state index is 0.298. The third-order valence-electron chi connectivity index (χ3n) is 4.27. The molecule has 0 bridgehead atoms. The molecule has 2 rings (SSSR count). The molecule has 1 atom stereocenters. The Morgan fingerprint density at radius 1 is 1.45 bits per heavy atom. The summed E-state index contributed by atoms with van der Waals surface area (Å²) in [5.41, 5.74) is 1.11. The lowest BCUT2D eigenvalue weighted by Crippen LogP contribution is -2.39. The van der Waals surface area contributed by atoms with E-state index in [2.05, 4.69) is 30.1 Å². The number of rotatable bonds is 4. The first-order chi connectivity index (χ1) is 9.63. The Kier molecular flexibility index (Phi) is 4.97. The fourth-order valence-corrected chi connectivity index (χ4v) is 2.87. The summed E-state index contributed by atoms with van der Waals surface area (Å²) in [5.74, 6) is 0.241. The van der Waals surface area contributed by atoms with Gasteiger partial charge in [-0.15, -0.1) is 0 Å². The average molecular weight is 275 g/mol. The Bertz CT molecular complexity index is 487. The van der Waals surface area contributed by atoms with Crippen molar-refractivity contribution in [2.24, 2.45) is 5.92 Å². The lowest BCUT2D eigenvalue weighted by Gasteiger charge is -2.35. The van der Waals surface area contributed by atoms with Gasteiger partial charge in [0, 0.05) is 6.04 Å². The van der Waals surface area contributed by atoms with Crippen LogP contribution in [0.4, 0.5) is 10.1 Å². The zero-order valence-electron chi connectivity index (χ0n) is 12.2. The van der Waals surface area contributed by atoms with Crippen molar-refractivity contribution in [1.82, 2.24) is 4.90 Å². The number of nitrogens with zero attached hydrogens (tertiary/aromatic N) is 2. The number of halogens is 1. The van der Waals surface area contributed by atoms with Crippen LogP contribution in [0.15, 0.2) is 18.2 Å². The molecular weight excluding hydrogens is 253 g/mol. The normalized spacial score (nSPS) is 18.5. The molecule has 20 heavy (non-hydrogen) atoms. The van der Waals surface area contributed by atoms with Gasteiger partial charge in [-0.2, -0.15) is 5.26 Å². The Morgan fingerprint density at radius 2 is 2.15 bits per heavy atom. The highest BCUT2D eigenvalue weighted by molar-refractivity contribution is 5.57. The van der Waals surface area contributed by atoms with Crippen LogP contribution < -0.4 is 5.32 Å². The molecule has 1 fully saturated rings. The molecule has 0 saturated carbocycles. The number of piperidine rings is 1. The molecule has 0 amide bonds. The molecule has 1 aliphatic rings. The fraction of sp³-hybridized carbons (Fsp3) is 0.562. The smallest absolute Gasteiger partial charge is 0.124 e. The topological polar surface area (TPSA) is 39.1 Å². The minimum atomic E-state index is -0.365. The Morgan fingerprint density at radius 3 is 2.75 bits per heavy atom. The number of hydrogen-bond acceptors (Lipinski definition) is 3. The molecule has 1 aromatic rings. The Hall–Kier alpha value is -1.60. The molecule has 0 aliphatic carbocycles. The van der Waals surface area contributed by atoms with Crippen LogP contribution in [0.25, 0.3) is 0 Å². The van der Waals surface area contributed by atoms with Gasteiger partial charge in [0.1, 0.15) is 11.9 Å². The molecule has 4 heteroatoms. The Labute approximate surface area is 120 Å². The molecule has 0 spiro atoms. The van der Waals surface area contributed by atoms with Crippen molar-refractivity contribution in [3.05, 3.63) is 29.6 Å². The number of nitriles is 1. The average Bonchev–Trinajstić information content (AvgIpc) is 2.49. The van der Waals surface area contributed by atoms with Crippen molar-refractivity contribution in [2.75, 3.05) is 25.0 Å². The molecule has 1 aliphatic heterocycles. The summed E-state index contributed by atoms with van der Waals surface area (Å²) in [5, 5.41) is 12.5. The van der Waals surface area contributed by atoms with E-state index in [1.165, 1.54) is 25.0 Å². The van der Waals surface area contributed by atoms with Crippen LogP contribution in [0.5, 0.6) is 0 Å². The molecule has 1 heterocycles. The number of likely N-dealkylation sites (tertiary alicyclic amines) is 1. The molecule has 0 radical (unpaired) electrons. The van der Waals surface area contributed by atoms with Gasteiger partial charge in [0.25, 0.3) is 0 Å². The maximum atomic E-state index is 13.1. The summed E-state index contributed by atoms with van der Waals surface area (Å²) in [7, 11) is 0. The van der Waals surface area contributed by atoms with E-state index in [0.717, 1.165) is 25.3 Å². The second-order valence-electron chi connectivity index (χ2n) is 5.51. The summed E-state index contributed by atoms with van der Waals surface area (Å²) in [6.45, 7) is 7.74. The van der Waals surface area contributed by atoms with Crippen molar-refractivity contribution in [2.45, 2.75) is 32.7 Å². The number of nitrogens with one attached hydrogen (secondary N) is 1. The van der Waals surface area contributed by atoms with Crippen LogP contribution in [-0.2, 0) is 0 Å². The van der Waals surface area contributed by atoms with Crippen LogP contribution in [-0.4, -0.2) is 30.6 Å². The number of anilines is 1. The van der Waals surface area contributed by atoms with Crippen LogP contribution in [0.1, 0.15) is 32.3 Å². The highest BCUT2D eigenvalue weighted by Gasteiger charge is 2.23. The van der Waals surface area contributed by atoms with Crippen molar-refractivity contribution in [1.29, 1.82) is 5.26 Å². The summed E-state index contributed by atoms with van der Waals surface area (Å²) >= 11 is 0. The second-order valence-corrected chi connectivity index (χ2v) is 5.51. The SMILES string of the molecule is CCN1CCC(C(C)Nc2ccc(F)cc2C#N)CC1. The van der Waals surface area contributed by atoms with Gasteiger partial charge in [-0.1, -0.05) is 6.92 Å². The first kappa shape index (κ1) is 14.8. The highest BCUT2D eigenvalue weighted by atomic mass is 19.1. The molecule has 0 aromatic heterocycles. The van der Waals surface area contributed by atoms with Gasteiger partial charge >= 0.3 is 0 Å². The van der Waals surface area contributed by atoms with E-state index >= 15 is 0 Å². The monoisotopic (exact) mass is 275 g/mol. The lowest BCUT2D eigenvalue weighted by molar-refractivity contribution is 0.183. The minimum Gasteiger partial charge on any atom is -0.381 e. The highest BCUT2D eigenvalue weighted by Crippen LogP contribution is 2.24. The van der Waals surface area contributed by atoms with Crippen LogP contribution in [0, 0.1) is 23.1 Å². The van der Waals surface area contributed by atoms with Gasteiger partial charge in [0.2, 0.25) is 0 Å². The molecule has 1 N–H and O–H groups in total. The van der Waals surface area contributed by atoms with Gasteiger partial charge in [-0.3, -0.25) is 0 Å². The molecule has 108 valence electrons. The Balaban J connectivity index is 1.98. The van der Waals surface area contributed by atoms with Gasteiger partial charge in [0.05, 0.1) is 11.3 Å². The maximum Gasteiger partial charge on any atom is 0.124 e. The van der Waals surface area contributed by atoms with Gasteiger partial charge in [0.15, 0.2) is 0 Å². The quantitative estimate of drug-likeness (QED) is 0.917. The second kappa shape index (κ2) is 6.71. The van der Waals surface area contributed by atoms with E-state index < -0.39 is 0 Å². The summed E-state index contributed by atoms with van der Waals surface area (Å²) < 4.78 is 13.1. The predicted molar refractivity (Wildman–Crippen MR) is 79.0 cm³/mol. The summed E-state index contributed by atoms with van der Waals surface area (Å²) in [6, 6.07) is 6.69. The van der Waals surface area contributed by atoms with E-state index in [0.29, 0.717) is 17.5 Å². The molecule has 3 nitrogen and oxygen atoms in total. The van der Waals surface area contributed by atoms with E-state index in [9.17, 15) is 4.39 Å². The van der Waals surface area contributed by atoms with Crippen molar-refractivity contribution >= 4 is 5.69 Å². The van der Waals surface area contributed by atoms with Crippen LogP contribution in [0.3, 0.4) is 0 Å². The molecular formula is C16H22FN3. The summed E-state index contributed by atoms with van der Waals surface area (Å²) in [4.78, 5) is 2.46. The zero-order chi connectivity index (χ0) is 14.5. The first-order valence-electron chi connectivity index (χ1n) is 7.32. The first-order valence-corrected chi connectivity index (χ1v) is 7.32. The zero-order valence-corrected chi connectivity index (χ0v) is 12.2. The van der Waals surface area contributed by atoms with Crippen LogP contribution >= 0.6 is 0 Å². The van der Waals surface area contributed by atoms with E-state index in [1.807, 2.05) is 0 Å². The van der Waals surface area contributed by atoms with Crippen molar-refractivity contribution in [3.63, 3.8) is 0 Å². The van der Waals surface area contributed by atoms with Gasteiger partial charge in [-0.25, -0.2) is 4.39 Å². The fourth-order valence-electron chi connectivity index (χ4n) is 2.87. The maximum absolute atomic E-state index is 13.1. The number of hydrogen-bond donors (Lipinski definition) is 1.